The molecular weight excluding hydrogens is 233 g/mol. The molecule has 0 bridgehead atoms. The van der Waals surface area contributed by atoms with Gasteiger partial charge < -0.3 is 9.67 Å². The third-order valence-corrected chi connectivity index (χ3v) is 2.99. The molecule has 16 heavy (non-hydrogen) atoms. The van der Waals surface area contributed by atoms with Crippen LogP contribution in [0.15, 0.2) is 12.1 Å². The predicted octanol–water partition coefficient (Wildman–Crippen LogP) is 2.98. The van der Waals surface area contributed by atoms with Crippen LogP contribution in [0.5, 0.6) is 0 Å². The molecule has 0 aliphatic rings. The van der Waals surface area contributed by atoms with Crippen LogP contribution in [0, 0.1) is 12.7 Å². The van der Waals surface area contributed by atoms with Gasteiger partial charge in [-0.3, -0.25) is 0 Å². The summed E-state index contributed by atoms with van der Waals surface area (Å²) in [6.07, 6.45) is 0. The Morgan fingerprint density at radius 3 is 2.69 bits per heavy atom. The number of benzene rings is 1. The van der Waals surface area contributed by atoms with Crippen molar-refractivity contribution in [2.24, 2.45) is 7.05 Å². The maximum absolute atomic E-state index is 13.3. The van der Waals surface area contributed by atoms with Crippen LogP contribution in [0.4, 0.5) is 4.39 Å². The first-order chi connectivity index (χ1) is 7.43. The van der Waals surface area contributed by atoms with Crippen molar-refractivity contribution < 1.29 is 14.3 Å². The fraction of sp³-hybridized carbons (Fsp3) is 0.182. The molecule has 0 radical (unpaired) electrons. The van der Waals surface area contributed by atoms with Crippen molar-refractivity contribution in [2.75, 3.05) is 0 Å². The number of hydrogen-bond acceptors (Lipinski definition) is 1. The van der Waals surface area contributed by atoms with E-state index in [0.29, 0.717) is 16.5 Å². The van der Waals surface area contributed by atoms with E-state index >= 15 is 0 Å². The average molecular weight is 242 g/mol. The van der Waals surface area contributed by atoms with Crippen LogP contribution in [0.2, 0.25) is 5.02 Å². The van der Waals surface area contributed by atoms with Gasteiger partial charge in [0.1, 0.15) is 11.5 Å². The predicted molar refractivity (Wildman–Crippen MR) is 59.6 cm³/mol. The highest BCUT2D eigenvalue weighted by atomic mass is 35.5. The molecule has 0 saturated carbocycles. The van der Waals surface area contributed by atoms with Crippen molar-refractivity contribution in [1.82, 2.24) is 4.57 Å². The molecule has 1 aromatic heterocycles. The molecule has 0 spiro atoms. The Morgan fingerprint density at radius 2 is 2.12 bits per heavy atom. The number of carboxylic acid groups (broad SMARTS) is 1. The maximum atomic E-state index is 13.3. The number of fused-ring (bicyclic) bond motifs is 1. The van der Waals surface area contributed by atoms with Crippen LogP contribution < -0.4 is 0 Å². The minimum absolute atomic E-state index is 0.00922. The zero-order chi connectivity index (χ0) is 12.0. The van der Waals surface area contributed by atoms with Crippen LogP contribution in [-0.4, -0.2) is 15.6 Å². The summed E-state index contributed by atoms with van der Waals surface area (Å²) in [7, 11) is 1.62. The molecule has 2 aromatic rings. The van der Waals surface area contributed by atoms with E-state index in [1.807, 2.05) is 0 Å². The molecule has 0 aliphatic carbocycles. The molecule has 0 amide bonds. The van der Waals surface area contributed by atoms with Crippen molar-refractivity contribution >= 4 is 28.5 Å². The van der Waals surface area contributed by atoms with Crippen molar-refractivity contribution in [3.8, 4) is 0 Å². The van der Waals surface area contributed by atoms with E-state index < -0.39 is 11.8 Å². The summed E-state index contributed by atoms with van der Waals surface area (Å²) in [5.74, 6) is -1.58. The Labute approximate surface area is 96.1 Å². The third-order valence-electron chi connectivity index (χ3n) is 2.70. The summed E-state index contributed by atoms with van der Waals surface area (Å²) in [6, 6.07) is 2.70. The van der Waals surface area contributed by atoms with E-state index in [-0.39, 0.29) is 10.7 Å². The number of aromatic nitrogens is 1. The molecule has 0 saturated heterocycles. The molecular formula is C11H9ClFNO2. The number of aryl methyl sites for hydroxylation is 2. The number of aromatic carboxylic acids is 1. The smallest absolute Gasteiger partial charge is 0.352 e. The van der Waals surface area contributed by atoms with Crippen LogP contribution in [0.3, 0.4) is 0 Å². The van der Waals surface area contributed by atoms with E-state index in [0.717, 1.165) is 0 Å². The number of rotatable bonds is 1. The first-order valence-corrected chi connectivity index (χ1v) is 4.98. The Kier molecular flexibility index (Phi) is 2.39. The van der Waals surface area contributed by atoms with Gasteiger partial charge in [0.25, 0.3) is 0 Å². The van der Waals surface area contributed by atoms with Crippen LogP contribution in [0.1, 0.15) is 16.1 Å². The first kappa shape index (κ1) is 11.0. The zero-order valence-corrected chi connectivity index (χ0v) is 9.47. The third kappa shape index (κ3) is 1.38. The van der Waals surface area contributed by atoms with Crippen LogP contribution in [-0.2, 0) is 7.05 Å². The Hall–Kier alpha value is -1.55. The summed E-state index contributed by atoms with van der Waals surface area (Å²) in [6.45, 7) is 1.65. The maximum Gasteiger partial charge on any atom is 0.352 e. The largest absolute Gasteiger partial charge is 0.477 e. The number of nitrogens with zero attached hydrogens (tertiary/aromatic N) is 1. The summed E-state index contributed by atoms with van der Waals surface area (Å²) < 4.78 is 14.8. The number of carboxylic acids is 1. The van der Waals surface area contributed by atoms with E-state index in [9.17, 15) is 9.18 Å². The van der Waals surface area contributed by atoms with Gasteiger partial charge in [-0.15, -0.1) is 0 Å². The van der Waals surface area contributed by atoms with Gasteiger partial charge in [0.05, 0.1) is 10.5 Å². The minimum Gasteiger partial charge on any atom is -0.477 e. The summed E-state index contributed by atoms with van der Waals surface area (Å²) in [4.78, 5) is 11.0. The molecule has 5 heteroatoms. The summed E-state index contributed by atoms with van der Waals surface area (Å²) >= 11 is 5.67. The lowest BCUT2D eigenvalue weighted by Gasteiger charge is -2.00. The number of hydrogen-bond donors (Lipinski definition) is 1. The molecule has 3 nitrogen and oxygen atoms in total. The molecule has 1 heterocycles. The van der Waals surface area contributed by atoms with Gasteiger partial charge in [-0.25, -0.2) is 9.18 Å². The fourth-order valence-corrected chi connectivity index (χ4v) is 2.08. The normalized spacial score (nSPS) is 11.0. The van der Waals surface area contributed by atoms with Crippen molar-refractivity contribution in [1.29, 1.82) is 0 Å². The monoisotopic (exact) mass is 241 g/mol. The lowest BCUT2D eigenvalue weighted by molar-refractivity contribution is 0.0686. The van der Waals surface area contributed by atoms with Crippen molar-refractivity contribution in [3.05, 3.63) is 34.2 Å². The van der Waals surface area contributed by atoms with Gasteiger partial charge in [0.2, 0.25) is 0 Å². The van der Waals surface area contributed by atoms with E-state index in [2.05, 4.69) is 0 Å². The van der Waals surface area contributed by atoms with Crippen LogP contribution >= 0.6 is 11.6 Å². The fourth-order valence-electron chi connectivity index (χ4n) is 1.92. The van der Waals surface area contributed by atoms with Gasteiger partial charge in [-0.1, -0.05) is 11.6 Å². The molecule has 0 atom stereocenters. The molecule has 0 fully saturated rings. The summed E-state index contributed by atoms with van der Waals surface area (Å²) in [5, 5.41) is 9.60. The van der Waals surface area contributed by atoms with E-state index in [1.54, 1.807) is 14.0 Å². The highest BCUT2D eigenvalue weighted by Crippen LogP contribution is 2.29. The van der Waals surface area contributed by atoms with Gasteiger partial charge in [0.15, 0.2) is 0 Å². The Balaban J connectivity index is 2.94. The lowest BCUT2D eigenvalue weighted by Crippen LogP contribution is -2.05. The standard InChI is InChI=1S/C11H9ClFNO2/c1-5-6-3-8(13)7(12)4-9(6)14(2)10(5)11(15)16/h3-4H,1-2H3,(H,15,16). The van der Waals surface area contributed by atoms with Crippen LogP contribution in [0.25, 0.3) is 10.9 Å². The zero-order valence-electron chi connectivity index (χ0n) is 8.71. The van der Waals surface area contributed by atoms with E-state index in [1.165, 1.54) is 16.7 Å². The molecule has 84 valence electrons. The summed E-state index contributed by atoms with van der Waals surface area (Å²) in [5.41, 5.74) is 1.30. The van der Waals surface area contributed by atoms with Gasteiger partial charge in [-0.2, -0.15) is 0 Å². The highest BCUT2D eigenvalue weighted by molar-refractivity contribution is 6.31. The van der Waals surface area contributed by atoms with Gasteiger partial charge in [-0.05, 0) is 24.6 Å². The highest BCUT2D eigenvalue weighted by Gasteiger charge is 2.18. The average Bonchev–Trinajstić information content (AvgIpc) is 2.41. The molecule has 0 aliphatic heterocycles. The molecule has 2 rings (SSSR count). The second-order valence-electron chi connectivity index (χ2n) is 3.62. The number of carbonyl (C=O) groups is 1. The molecule has 1 aromatic carbocycles. The van der Waals surface area contributed by atoms with Gasteiger partial charge in [0, 0.05) is 12.4 Å². The van der Waals surface area contributed by atoms with Crippen molar-refractivity contribution in [2.45, 2.75) is 6.92 Å². The quantitative estimate of drug-likeness (QED) is 0.834. The molecule has 1 N–H and O–H groups in total. The Bertz CT molecular complexity index is 559. The molecule has 0 unspecified atom stereocenters. The first-order valence-electron chi connectivity index (χ1n) is 4.60. The van der Waals surface area contributed by atoms with Gasteiger partial charge >= 0.3 is 5.97 Å². The second kappa shape index (κ2) is 3.49. The Morgan fingerprint density at radius 1 is 1.50 bits per heavy atom. The lowest BCUT2D eigenvalue weighted by atomic mass is 10.1. The topological polar surface area (TPSA) is 42.2 Å². The second-order valence-corrected chi connectivity index (χ2v) is 4.03. The number of halogens is 2. The SMILES string of the molecule is Cc1c(C(=O)O)n(C)c2cc(Cl)c(F)cc12. The minimum atomic E-state index is -1.03. The van der Waals surface area contributed by atoms with E-state index in [4.69, 9.17) is 16.7 Å². The van der Waals surface area contributed by atoms with Crippen molar-refractivity contribution in [3.63, 3.8) is 0 Å².